The van der Waals surface area contributed by atoms with Gasteiger partial charge in [-0.3, -0.25) is 9.69 Å². The lowest BCUT2D eigenvalue weighted by Gasteiger charge is -2.32. The summed E-state index contributed by atoms with van der Waals surface area (Å²) in [4.78, 5) is 18.7. The zero-order valence-corrected chi connectivity index (χ0v) is 26.7. The summed E-state index contributed by atoms with van der Waals surface area (Å²) in [5.41, 5.74) is 2.27. The second kappa shape index (κ2) is 13.2. The Bertz CT molecular complexity index is 2080. The van der Waals surface area contributed by atoms with E-state index in [0.717, 1.165) is 56.2 Å². The molecule has 1 aliphatic heterocycles. The molecule has 1 saturated heterocycles. The van der Waals surface area contributed by atoms with Crippen LogP contribution in [0.3, 0.4) is 0 Å². The van der Waals surface area contributed by atoms with Crippen molar-refractivity contribution in [2.45, 2.75) is 63.8 Å². The molecule has 7 rings (SSSR count). The second-order valence-corrected chi connectivity index (χ2v) is 13.2. The van der Waals surface area contributed by atoms with E-state index in [9.17, 15) is 19.6 Å². The summed E-state index contributed by atoms with van der Waals surface area (Å²) in [7, 11) is 0. The van der Waals surface area contributed by atoms with Crippen LogP contribution in [0.4, 0.5) is 8.78 Å². The van der Waals surface area contributed by atoms with Crippen molar-refractivity contribution in [1.82, 2.24) is 14.5 Å². The quantitative estimate of drug-likeness (QED) is 0.175. The van der Waals surface area contributed by atoms with E-state index in [-0.39, 0.29) is 35.0 Å². The maximum atomic E-state index is 15.5. The average molecular weight is 662 g/mol. The van der Waals surface area contributed by atoms with Crippen LogP contribution in [0.5, 0.6) is 11.5 Å². The van der Waals surface area contributed by atoms with Crippen molar-refractivity contribution in [3.05, 3.63) is 88.7 Å². The monoisotopic (exact) mass is 661 g/mol. The van der Waals surface area contributed by atoms with Crippen LogP contribution < -0.4 is 9.47 Å². The minimum atomic E-state index is -1.02. The number of nitriles is 2. The Labute approximate surface area is 282 Å². The summed E-state index contributed by atoms with van der Waals surface area (Å²) in [5, 5.41) is 28.0. The van der Waals surface area contributed by atoms with Crippen molar-refractivity contribution < 1.29 is 28.2 Å². The number of hydrogen-bond acceptors (Lipinski definition) is 7. The largest absolute Gasteiger partial charge is 0.490 e. The minimum Gasteiger partial charge on any atom is -0.490 e. The number of likely N-dealkylation sites (tertiary alicyclic amines) is 1. The van der Waals surface area contributed by atoms with Gasteiger partial charge in [-0.05, 0) is 79.3 Å². The van der Waals surface area contributed by atoms with Crippen LogP contribution in [0.2, 0.25) is 0 Å². The van der Waals surface area contributed by atoms with Gasteiger partial charge < -0.3 is 19.1 Å². The van der Waals surface area contributed by atoms with Gasteiger partial charge in [0, 0.05) is 31.5 Å². The van der Waals surface area contributed by atoms with Crippen LogP contribution in [0.25, 0.3) is 11.0 Å². The molecule has 3 aromatic carbocycles. The summed E-state index contributed by atoms with van der Waals surface area (Å²) >= 11 is 0. The topological polar surface area (TPSA) is 124 Å². The molecule has 1 aromatic heterocycles. The number of nitrogens with zero attached hydrogens (tertiary/aromatic N) is 5. The molecular formula is C38H33F2N5O4. The Balaban J connectivity index is 1.02. The van der Waals surface area contributed by atoms with Gasteiger partial charge in [0.1, 0.15) is 35.7 Å². The van der Waals surface area contributed by atoms with Crippen molar-refractivity contribution in [2.24, 2.45) is 11.3 Å². The van der Waals surface area contributed by atoms with Crippen molar-refractivity contribution in [3.63, 3.8) is 0 Å². The van der Waals surface area contributed by atoms with Gasteiger partial charge >= 0.3 is 5.97 Å². The Morgan fingerprint density at radius 2 is 1.88 bits per heavy atom. The first-order valence-corrected chi connectivity index (χ1v) is 16.3. The molecule has 0 radical (unpaired) electrons. The molecule has 2 aliphatic carbocycles. The number of imidazole rings is 1. The van der Waals surface area contributed by atoms with E-state index < -0.39 is 29.4 Å². The molecule has 4 aromatic rings. The van der Waals surface area contributed by atoms with Gasteiger partial charge in [-0.2, -0.15) is 10.5 Å². The standard InChI is InChI=1S/C38H33F2N5O4/c39-31-17-24(20-42)4-7-34(31)48-22-25-2-1-3-28(16-25)49-27-8-14-44(15-9-27)21-35-43-36-32(40)18-26(29-5-6-30(29)37(46)47)19-33(36)45(35)23-38(10-11-38)12-13-41/h1-4,7,16-19,27,29-30H,8-12,14-15,21-23H2,(H,46,47). The summed E-state index contributed by atoms with van der Waals surface area (Å²) in [6, 6.07) is 19.0. The molecule has 248 valence electrons. The highest BCUT2D eigenvalue weighted by atomic mass is 19.1. The van der Waals surface area contributed by atoms with E-state index in [1.54, 1.807) is 0 Å². The number of aromatic nitrogens is 2. The fourth-order valence-corrected chi connectivity index (χ4v) is 6.66. The Morgan fingerprint density at radius 3 is 2.55 bits per heavy atom. The lowest BCUT2D eigenvalue weighted by Crippen LogP contribution is -2.38. The van der Waals surface area contributed by atoms with Gasteiger partial charge in [-0.15, -0.1) is 0 Å². The zero-order valence-electron chi connectivity index (χ0n) is 26.7. The number of piperidine rings is 1. The van der Waals surface area contributed by atoms with Crippen molar-refractivity contribution in [1.29, 1.82) is 10.5 Å². The van der Waals surface area contributed by atoms with E-state index in [0.29, 0.717) is 36.3 Å². The van der Waals surface area contributed by atoms with Crippen LogP contribution in [-0.4, -0.2) is 44.7 Å². The number of carboxylic acid groups (broad SMARTS) is 1. The van der Waals surface area contributed by atoms with Gasteiger partial charge in [0.05, 0.1) is 35.7 Å². The predicted octanol–water partition coefficient (Wildman–Crippen LogP) is 6.30. The maximum absolute atomic E-state index is 15.5. The number of fused-ring (bicyclic) bond motifs is 1. The molecule has 0 amide bonds. The fraction of sp³-hybridized carbons (Fsp3) is 0.368. The molecule has 1 saturated carbocycles. The van der Waals surface area contributed by atoms with Gasteiger partial charge in [0.2, 0.25) is 0 Å². The zero-order chi connectivity index (χ0) is 34.1. The number of aliphatic carboxylic acids is 1. The van der Waals surface area contributed by atoms with E-state index in [2.05, 4.69) is 22.8 Å². The maximum Gasteiger partial charge on any atom is 0.320 e. The Morgan fingerprint density at radius 1 is 1.06 bits per heavy atom. The molecule has 9 nitrogen and oxygen atoms in total. The molecular weight excluding hydrogens is 628 g/mol. The van der Waals surface area contributed by atoms with E-state index in [4.69, 9.17) is 19.7 Å². The molecule has 0 spiro atoms. The third-order valence-corrected chi connectivity index (χ3v) is 9.72. The van der Waals surface area contributed by atoms with Gasteiger partial charge in [-0.25, -0.2) is 13.8 Å². The van der Waals surface area contributed by atoms with Gasteiger partial charge in [0.25, 0.3) is 0 Å². The van der Waals surface area contributed by atoms with Crippen molar-refractivity contribution >= 4 is 17.0 Å². The summed E-state index contributed by atoms with van der Waals surface area (Å²) in [6.45, 7) is 2.67. The van der Waals surface area contributed by atoms with Crippen LogP contribution in [0.1, 0.15) is 60.5 Å². The Hall–Kier alpha value is -5.44. The first kappa shape index (κ1) is 32.1. The summed E-state index contributed by atoms with van der Waals surface area (Å²) in [5.74, 6) is 3.49. The van der Waals surface area contributed by atoms with Crippen molar-refractivity contribution in [3.8, 4) is 35.5 Å². The van der Waals surface area contributed by atoms with Crippen LogP contribution in [0.15, 0.2) is 54.6 Å². The molecule has 2 atom stereocenters. The number of carboxylic acids is 1. The van der Waals surface area contributed by atoms with E-state index >= 15 is 4.39 Å². The highest BCUT2D eigenvalue weighted by molar-refractivity contribution is 5.81. The summed E-state index contributed by atoms with van der Waals surface area (Å²) < 4.78 is 43.8. The smallest absolute Gasteiger partial charge is 0.320 e. The Kier molecular flexibility index (Phi) is 8.67. The molecule has 49 heavy (non-hydrogen) atoms. The SMILES string of the molecule is N#CCC1(Cn2c(CN3CCC(Oc4cccc(COc5ccc(C#N)cc5F)c4)CC3)nc3c(F)cc(C4C#CC4C(=O)O)cc32)CC1. The molecule has 2 fully saturated rings. The third kappa shape index (κ3) is 6.79. The molecule has 0 bridgehead atoms. The highest BCUT2D eigenvalue weighted by Gasteiger charge is 2.44. The second-order valence-electron chi connectivity index (χ2n) is 13.2. The number of carbonyl (C=O) groups is 1. The van der Waals surface area contributed by atoms with Crippen LogP contribution in [0, 0.1) is 57.5 Å². The highest BCUT2D eigenvalue weighted by Crippen LogP contribution is 2.50. The van der Waals surface area contributed by atoms with Gasteiger partial charge in [-0.1, -0.05) is 24.0 Å². The number of hydrogen-bond donors (Lipinski definition) is 1. The molecule has 11 heteroatoms. The lowest BCUT2D eigenvalue weighted by atomic mass is 9.80. The lowest BCUT2D eigenvalue weighted by molar-refractivity contribution is -0.140. The normalized spacial score (nSPS) is 19.6. The summed E-state index contributed by atoms with van der Waals surface area (Å²) in [6.07, 6.45) is 3.76. The average Bonchev–Trinajstić information content (AvgIpc) is 3.74. The van der Waals surface area contributed by atoms with Crippen molar-refractivity contribution in [2.75, 3.05) is 13.1 Å². The number of benzene rings is 3. The molecule has 2 heterocycles. The number of rotatable bonds is 12. The molecule has 2 unspecified atom stereocenters. The van der Waals surface area contributed by atoms with Crippen LogP contribution >= 0.6 is 0 Å². The number of ether oxygens (including phenoxy) is 2. The number of halogens is 2. The fourth-order valence-electron chi connectivity index (χ4n) is 6.66. The van der Waals surface area contributed by atoms with Gasteiger partial charge in [0.15, 0.2) is 17.4 Å². The first-order chi connectivity index (χ1) is 23.7. The first-order valence-electron chi connectivity index (χ1n) is 16.3. The van der Waals surface area contributed by atoms with E-state index in [1.165, 1.54) is 18.2 Å². The minimum absolute atomic E-state index is 0.0154. The van der Waals surface area contributed by atoms with Crippen LogP contribution in [-0.2, 0) is 24.5 Å². The predicted molar refractivity (Wildman–Crippen MR) is 174 cm³/mol. The third-order valence-electron chi connectivity index (χ3n) is 9.72. The van der Waals surface area contributed by atoms with E-state index in [1.807, 2.05) is 41.0 Å². The molecule has 3 aliphatic rings. The molecule has 1 N–H and O–H groups in total.